The van der Waals surface area contributed by atoms with Gasteiger partial charge in [-0.25, -0.2) is 12.7 Å². The van der Waals surface area contributed by atoms with E-state index in [0.717, 1.165) is 29.1 Å². The van der Waals surface area contributed by atoms with Crippen molar-refractivity contribution in [1.82, 2.24) is 0 Å². The average Bonchev–Trinajstić information content (AvgIpc) is 2.90. The van der Waals surface area contributed by atoms with Crippen LogP contribution in [0.1, 0.15) is 42.4 Å². The monoisotopic (exact) mass is 517 g/mol. The SMILES string of the molecule is CCCCc1ccc(N(C(=O)C(c2ccccc2)c2ccccc2)S(=O)(=O)c2ccc(Cl)cc2)cc1. The fourth-order valence-electron chi connectivity index (χ4n) is 4.16. The van der Waals surface area contributed by atoms with Crippen molar-refractivity contribution < 1.29 is 13.2 Å². The van der Waals surface area contributed by atoms with Crippen LogP contribution in [-0.2, 0) is 21.2 Å². The number of benzene rings is 4. The highest BCUT2D eigenvalue weighted by atomic mass is 35.5. The second kappa shape index (κ2) is 11.5. The number of aryl methyl sites for hydroxylation is 1. The predicted octanol–water partition coefficient (Wildman–Crippen LogP) is 7.24. The molecule has 0 atom stereocenters. The Morgan fingerprint density at radius 2 is 1.31 bits per heavy atom. The molecule has 4 aromatic carbocycles. The van der Waals surface area contributed by atoms with Crippen molar-refractivity contribution in [2.24, 2.45) is 0 Å². The summed E-state index contributed by atoms with van der Waals surface area (Å²) in [6.07, 6.45) is 2.99. The zero-order valence-electron chi connectivity index (χ0n) is 20.0. The van der Waals surface area contributed by atoms with Crippen molar-refractivity contribution in [3.63, 3.8) is 0 Å². The van der Waals surface area contributed by atoms with E-state index in [0.29, 0.717) is 21.8 Å². The first kappa shape index (κ1) is 25.7. The Kier molecular flexibility index (Phi) is 8.24. The molecule has 0 N–H and O–H groups in total. The number of amides is 1. The van der Waals surface area contributed by atoms with Gasteiger partial charge in [-0.2, -0.15) is 0 Å². The molecule has 0 aromatic heterocycles. The van der Waals surface area contributed by atoms with Gasteiger partial charge in [0.15, 0.2) is 0 Å². The molecule has 36 heavy (non-hydrogen) atoms. The molecule has 4 nitrogen and oxygen atoms in total. The lowest BCUT2D eigenvalue weighted by Crippen LogP contribution is -2.40. The highest BCUT2D eigenvalue weighted by Crippen LogP contribution is 2.33. The van der Waals surface area contributed by atoms with Crippen molar-refractivity contribution in [3.8, 4) is 0 Å². The van der Waals surface area contributed by atoms with Crippen LogP contribution in [0, 0.1) is 0 Å². The molecule has 0 spiro atoms. The third-order valence-corrected chi connectivity index (χ3v) is 8.05. The minimum atomic E-state index is -4.24. The molecule has 184 valence electrons. The van der Waals surface area contributed by atoms with Crippen molar-refractivity contribution in [2.75, 3.05) is 4.31 Å². The summed E-state index contributed by atoms with van der Waals surface area (Å²) in [6, 6.07) is 31.6. The molecule has 0 aliphatic carbocycles. The zero-order chi connectivity index (χ0) is 25.5. The molecule has 6 heteroatoms. The van der Waals surface area contributed by atoms with E-state index in [1.54, 1.807) is 12.1 Å². The van der Waals surface area contributed by atoms with E-state index in [1.807, 2.05) is 72.8 Å². The third kappa shape index (κ3) is 5.69. The number of rotatable bonds is 9. The minimum absolute atomic E-state index is 0.00446. The minimum Gasteiger partial charge on any atom is -0.272 e. The van der Waals surface area contributed by atoms with E-state index in [2.05, 4.69) is 6.92 Å². The van der Waals surface area contributed by atoms with Crippen LogP contribution in [0.3, 0.4) is 0 Å². The fraction of sp³-hybridized carbons (Fsp3) is 0.167. The number of carbonyl (C=O) groups is 1. The normalized spacial score (nSPS) is 11.4. The Morgan fingerprint density at radius 3 is 1.81 bits per heavy atom. The second-order valence-corrected chi connectivity index (χ2v) is 10.8. The van der Waals surface area contributed by atoms with Gasteiger partial charge in [-0.1, -0.05) is 97.7 Å². The summed E-state index contributed by atoms with van der Waals surface area (Å²) in [4.78, 5) is 14.3. The summed E-state index contributed by atoms with van der Waals surface area (Å²) in [7, 11) is -4.24. The van der Waals surface area contributed by atoms with Crippen LogP contribution in [0.2, 0.25) is 5.02 Å². The zero-order valence-corrected chi connectivity index (χ0v) is 21.6. The smallest absolute Gasteiger partial charge is 0.270 e. The number of unbranched alkanes of at least 4 members (excludes halogenated alkanes) is 1. The van der Waals surface area contributed by atoms with E-state index in [-0.39, 0.29) is 4.90 Å². The molecule has 0 heterocycles. The van der Waals surface area contributed by atoms with Crippen LogP contribution >= 0.6 is 11.6 Å². The molecular formula is C30H28ClNO3S. The van der Waals surface area contributed by atoms with Crippen LogP contribution in [0.4, 0.5) is 5.69 Å². The molecule has 0 saturated carbocycles. The summed E-state index contributed by atoms with van der Waals surface area (Å²) < 4.78 is 28.9. The summed E-state index contributed by atoms with van der Waals surface area (Å²) in [5.74, 6) is -1.36. The Labute approximate surface area is 218 Å². The van der Waals surface area contributed by atoms with Gasteiger partial charge in [-0.3, -0.25) is 4.79 Å². The van der Waals surface area contributed by atoms with E-state index in [9.17, 15) is 13.2 Å². The van der Waals surface area contributed by atoms with Crippen LogP contribution in [0.15, 0.2) is 114 Å². The highest BCUT2D eigenvalue weighted by molar-refractivity contribution is 7.93. The van der Waals surface area contributed by atoms with Gasteiger partial charge in [0, 0.05) is 5.02 Å². The summed E-state index contributed by atoms with van der Waals surface area (Å²) >= 11 is 6.02. The van der Waals surface area contributed by atoms with Crippen molar-refractivity contribution in [3.05, 3.63) is 131 Å². The number of nitrogens with zero attached hydrogens (tertiary/aromatic N) is 1. The molecule has 0 fully saturated rings. The summed E-state index contributed by atoms with van der Waals surface area (Å²) in [5, 5.41) is 0.415. The summed E-state index contributed by atoms with van der Waals surface area (Å²) in [5.41, 5.74) is 2.82. The quantitative estimate of drug-likeness (QED) is 0.235. The first-order valence-electron chi connectivity index (χ1n) is 12.0. The maximum absolute atomic E-state index is 14.3. The molecule has 1 amide bonds. The van der Waals surface area contributed by atoms with Gasteiger partial charge in [0.05, 0.1) is 16.5 Å². The van der Waals surface area contributed by atoms with Crippen molar-refractivity contribution in [2.45, 2.75) is 37.0 Å². The first-order chi connectivity index (χ1) is 17.4. The Hall–Kier alpha value is -3.41. The number of carbonyl (C=O) groups excluding carboxylic acids is 1. The van der Waals surface area contributed by atoms with Crippen LogP contribution in [0.5, 0.6) is 0 Å². The number of hydrogen-bond donors (Lipinski definition) is 0. The highest BCUT2D eigenvalue weighted by Gasteiger charge is 2.37. The van der Waals surface area contributed by atoms with Gasteiger partial charge >= 0.3 is 0 Å². The van der Waals surface area contributed by atoms with Crippen molar-refractivity contribution in [1.29, 1.82) is 0 Å². The molecule has 0 radical (unpaired) electrons. The molecule has 0 saturated heterocycles. The molecule has 0 aliphatic rings. The number of anilines is 1. The van der Waals surface area contributed by atoms with Crippen LogP contribution in [0.25, 0.3) is 0 Å². The van der Waals surface area contributed by atoms with Gasteiger partial charge in [-0.15, -0.1) is 0 Å². The largest absolute Gasteiger partial charge is 0.272 e. The maximum atomic E-state index is 14.3. The standard InChI is InChI=1S/C30H28ClNO3S/c1-2-3-10-23-15-19-27(20-16-23)32(36(34,35)28-21-17-26(31)18-22-28)30(33)29(24-11-6-4-7-12-24)25-13-8-5-9-14-25/h4-9,11-22,29H,2-3,10H2,1H3. The van der Waals surface area contributed by atoms with Gasteiger partial charge in [0.25, 0.3) is 15.9 Å². The lowest BCUT2D eigenvalue weighted by atomic mass is 9.90. The first-order valence-corrected chi connectivity index (χ1v) is 13.8. The molecule has 4 rings (SSSR count). The van der Waals surface area contributed by atoms with E-state index in [4.69, 9.17) is 11.6 Å². The van der Waals surface area contributed by atoms with Crippen LogP contribution in [-0.4, -0.2) is 14.3 Å². The van der Waals surface area contributed by atoms with Gasteiger partial charge in [0.1, 0.15) is 0 Å². The van der Waals surface area contributed by atoms with E-state index in [1.165, 1.54) is 24.3 Å². The van der Waals surface area contributed by atoms with Gasteiger partial charge in [-0.05, 0) is 65.9 Å². The number of halogens is 1. The average molecular weight is 518 g/mol. The van der Waals surface area contributed by atoms with E-state index >= 15 is 0 Å². The topological polar surface area (TPSA) is 54.5 Å². The Bertz CT molecular complexity index is 1350. The second-order valence-electron chi connectivity index (χ2n) is 8.59. The number of hydrogen-bond acceptors (Lipinski definition) is 3. The lowest BCUT2D eigenvalue weighted by Gasteiger charge is -2.28. The molecule has 0 bridgehead atoms. The predicted molar refractivity (Wildman–Crippen MR) is 146 cm³/mol. The Morgan fingerprint density at radius 1 is 0.778 bits per heavy atom. The third-order valence-electron chi connectivity index (χ3n) is 6.05. The van der Waals surface area contributed by atoms with E-state index < -0.39 is 21.8 Å². The maximum Gasteiger partial charge on any atom is 0.270 e. The molecular weight excluding hydrogens is 490 g/mol. The molecule has 0 aliphatic heterocycles. The fourth-order valence-corrected chi connectivity index (χ4v) is 5.72. The molecule has 0 unspecified atom stereocenters. The lowest BCUT2D eigenvalue weighted by molar-refractivity contribution is -0.118. The Balaban J connectivity index is 1.86. The summed E-state index contributed by atoms with van der Waals surface area (Å²) in [6.45, 7) is 2.13. The number of sulfonamides is 1. The van der Waals surface area contributed by atoms with Crippen molar-refractivity contribution >= 4 is 33.2 Å². The van der Waals surface area contributed by atoms with Gasteiger partial charge < -0.3 is 0 Å². The van der Waals surface area contributed by atoms with Crippen LogP contribution < -0.4 is 4.31 Å². The van der Waals surface area contributed by atoms with Gasteiger partial charge in [0.2, 0.25) is 0 Å². The molecule has 4 aromatic rings.